The molecule has 3 N–H and O–H groups in total. The third-order valence-electron chi connectivity index (χ3n) is 6.25. The van der Waals surface area contributed by atoms with Crippen molar-refractivity contribution in [2.24, 2.45) is 5.92 Å². The molecule has 0 spiro atoms. The van der Waals surface area contributed by atoms with Crippen LogP contribution in [0.2, 0.25) is 0 Å². The van der Waals surface area contributed by atoms with Gasteiger partial charge in [-0.05, 0) is 39.3 Å². The number of nitrogens with one attached hydrogen (secondary N) is 1. The van der Waals surface area contributed by atoms with Crippen LogP contribution in [0.25, 0.3) is 0 Å². The van der Waals surface area contributed by atoms with Crippen molar-refractivity contribution in [3.8, 4) is 0 Å². The van der Waals surface area contributed by atoms with Crippen molar-refractivity contribution in [2.75, 3.05) is 26.2 Å². The highest BCUT2D eigenvalue weighted by atomic mass is 32.2. The van der Waals surface area contributed by atoms with Crippen LogP contribution in [0.3, 0.4) is 0 Å². The Morgan fingerprint density at radius 2 is 2.14 bits per heavy atom. The normalized spacial score (nSPS) is 34.4. The average Bonchev–Trinajstić information content (AvgIpc) is 3.35. The van der Waals surface area contributed by atoms with Gasteiger partial charge in [0.05, 0.1) is 18.1 Å². The third-order valence-corrected chi connectivity index (χ3v) is 7.59. The summed E-state index contributed by atoms with van der Waals surface area (Å²) in [5.74, 6) is -1.79. The molecule has 0 unspecified atom stereocenters. The van der Waals surface area contributed by atoms with Gasteiger partial charge in [-0.3, -0.25) is 9.69 Å². The van der Waals surface area contributed by atoms with Crippen LogP contribution in [0.1, 0.15) is 32.6 Å². The molecule has 8 heteroatoms. The molecule has 3 fully saturated rings. The van der Waals surface area contributed by atoms with E-state index in [0.717, 1.165) is 24.4 Å². The predicted molar refractivity (Wildman–Crippen MR) is 108 cm³/mol. The summed E-state index contributed by atoms with van der Waals surface area (Å²) < 4.78 is 0. The molecule has 4 aliphatic rings. The summed E-state index contributed by atoms with van der Waals surface area (Å²) in [6.07, 6.45) is 7.82. The van der Waals surface area contributed by atoms with Crippen LogP contribution in [-0.2, 0) is 9.59 Å². The number of likely N-dealkylation sites (tertiary alicyclic amines) is 1. The van der Waals surface area contributed by atoms with Crippen molar-refractivity contribution < 1.29 is 19.8 Å². The van der Waals surface area contributed by atoms with E-state index in [0.29, 0.717) is 17.7 Å². The molecule has 4 aliphatic heterocycles. The molecule has 0 aliphatic carbocycles. The van der Waals surface area contributed by atoms with Gasteiger partial charge in [0.15, 0.2) is 0 Å². The standard InChI is InChI=1S/C20H29N3O4S/c1-12(24)17-15-10-16(18(20(26)27)23(15)19(17)25)28-14-9-13(21-11-14)5-4-8-22-6-2-3-7-22/h4-5,12-15,17,21,24H,2-3,6-11H2,1H3,(H,26,27)/b5-4-/t12-,13-,14+,15-,17-/m1/s1. The summed E-state index contributed by atoms with van der Waals surface area (Å²) >= 11 is 1.59. The van der Waals surface area contributed by atoms with Crippen molar-refractivity contribution in [3.63, 3.8) is 0 Å². The molecule has 154 valence electrons. The van der Waals surface area contributed by atoms with Crippen molar-refractivity contribution >= 4 is 23.6 Å². The highest BCUT2D eigenvalue weighted by Crippen LogP contribution is 2.48. The number of nitrogens with zero attached hydrogens (tertiary/aromatic N) is 2. The van der Waals surface area contributed by atoms with E-state index >= 15 is 0 Å². The van der Waals surface area contributed by atoms with Gasteiger partial charge in [0.1, 0.15) is 5.70 Å². The maximum atomic E-state index is 12.3. The van der Waals surface area contributed by atoms with Gasteiger partial charge in [-0.1, -0.05) is 12.2 Å². The lowest BCUT2D eigenvalue weighted by atomic mass is 9.83. The van der Waals surface area contributed by atoms with Crippen molar-refractivity contribution in [3.05, 3.63) is 22.8 Å². The van der Waals surface area contributed by atoms with E-state index < -0.39 is 18.0 Å². The number of carbonyl (C=O) groups is 2. The van der Waals surface area contributed by atoms with Gasteiger partial charge in [0.25, 0.3) is 0 Å². The number of thioether (sulfide) groups is 1. The molecule has 0 radical (unpaired) electrons. The lowest BCUT2D eigenvalue weighted by molar-refractivity contribution is -0.161. The summed E-state index contributed by atoms with van der Waals surface area (Å²) in [6, 6.07) is 0.117. The van der Waals surface area contributed by atoms with Gasteiger partial charge in [-0.25, -0.2) is 4.79 Å². The Hall–Kier alpha value is -1.35. The van der Waals surface area contributed by atoms with Crippen molar-refractivity contribution in [2.45, 2.75) is 56.0 Å². The molecule has 5 atom stereocenters. The first kappa shape index (κ1) is 19.9. The lowest BCUT2D eigenvalue weighted by Crippen LogP contribution is -2.61. The number of carboxylic acids is 1. The third kappa shape index (κ3) is 3.75. The van der Waals surface area contributed by atoms with Crippen LogP contribution >= 0.6 is 11.8 Å². The molecular weight excluding hydrogens is 378 g/mol. The molecule has 0 bridgehead atoms. The minimum atomic E-state index is -1.05. The number of fused-ring (bicyclic) bond motifs is 1. The molecule has 1 amide bonds. The van der Waals surface area contributed by atoms with Crippen LogP contribution < -0.4 is 5.32 Å². The molecule has 3 saturated heterocycles. The first-order valence-corrected chi connectivity index (χ1v) is 11.1. The Bertz CT molecular complexity index is 702. The highest BCUT2D eigenvalue weighted by molar-refractivity contribution is 8.03. The largest absolute Gasteiger partial charge is 0.477 e. The zero-order chi connectivity index (χ0) is 19.8. The van der Waals surface area contributed by atoms with Crippen molar-refractivity contribution in [1.82, 2.24) is 15.1 Å². The van der Waals surface area contributed by atoms with Crippen LogP contribution in [0.5, 0.6) is 0 Å². The first-order valence-electron chi connectivity index (χ1n) is 10.2. The zero-order valence-electron chi connectivity index (χ0n) is 16.2. The Balaban J connectivity index is 1.34. The van der Waals surface area contributed by atoms with Crippen LogP contribution in [-0.4, -0.2) is 81.5 Å². The summed E-state index contributed by atoms with van der Waals surface area (Å²) in [6.45, 7) is 5.82. The molecule has 4 rings (SSSR count). The molecule has 0 aromatic heterocycles. The van der Waals surface area contributed by atoms with Crippen LogP contribution in [0, 0.1) is 5.92 Å². The van der Waals surface area contributed by atoms with Crippen LogP contribution in [0.15, 0.2) is 22.8 Å². The van der Waals surface area contributed by atoms with E-state index in [-0.39, 0.29) is 17.6 Å². The number of carboxylic acid groups (broad SMARTS) is 1. The van der Waals surface area contributed by atoms with E-state index in [1.165, 1.54) is 30.8 Å². The molecule has 0 saturated carbocycles. The molecule has 4 heterocycles. The lowest BCUT2D eigenvalue weighted by Gasteiger charge is -2.44. The number of aliphatic hydroxyl groups is 1. The highest BCUT2D eigenvalue weighted by Gasteiger charge is 2.57. The Kier molecular flexibility index (Phi) is 5.83. The fourth-order valence-electron chi connectivity index (χ4n) is 4.85. The van der Waals surface area contributed by atoms with E-state index in [9.17, 15) is 19.8 Å². The van der Waals surface area contributed by atoms with Gasteiger partial charge in [-0.2, -0.15) is 0 Å². The van der Waals surface area contributed by atoms with E-state index in [1.807, 2.05) is 0 Å². The number of carbonyl (C=O) groups excluding carboxylic acids is 1. The average molecular weight is 408 g/mol. The second-order valence-corrected chi connectivity index (χ2v) is 9.64. The Labute approximate surface area is 169 Å². The summed E-state index contributed by atoms with van der Waals surface area (Å²) in [5, 5.41) is 23.3. The summed E-state index contributed by atoms with van der Waals surface area (Å²) in [7, 11) is 0. The Morgan fingerprint density at radius 1 is 1.39 bits per heavy atom. The second-order valence-electron chi connectivity index (χ2n) is 8.25. The fraction of sp³-hybridized carbons (Fsp3) is 0.700. The quantitative estimate of drug-likeness (QED) is 0.428. The van der Waals surface area contributed by atoms with E-state index in [2.05, 4.69) is 22.4 Å². The number of hydrogen-bond acceptors (Lipinski definition) is 6. The van der Waals surface area contributed by atoms with Gasteiger partial charge in [-0.15, -0.1) is 11.8 Å². The Morgan fingerprint density at radius 3 is 2.82 bits per heavy atom. The number of β-lactam (4-membered cyclic amide) rings is 1. The summed E-state index contributed by atoms with van der Waals surface area (Å²) in [4.78, 5) is 28.7. The van der Waals surface area contributed by atoms with Gasteiger partial charge in [0, 0.05) is 35.7 Å². The first-order chi connectivity index (χ1) is 13.5. The zero-order valence-corrected chi connectivity index (χ0v) is 17.0. The van der Waals surface area contributed by atoms with E-state index in [1.54, 1.807) is 18.7 Å². The SMILES string of the molecule is C[C@@H](O)[C@H]1C(=O)N2C(C(=O)O)=C(S[C@@H]3CN[C@H](/C=C\CN4CCCC4)C3)C[C@H]12. The number of aliphatic carboxylic acids is 1. The van der Waals surface area contributed by atoms with Crippen molar-refractivity contribution in [1.29, 1.82) is 0 Å². The number of amides is 1. The maximum Gasteiger partial charge on any atom is 0.353 e. The number of aliphatic hydroxyl groups excluding tert-OH is 1. The predicted octanol–water partition coefficient (Wildman–Crippen LogP) is 1.01. The smallest absolute Gasteiger partial charge is 0.353 e. The van der Waals surface area contributed by atoms with Gasteiger partial charge < -0.3 is 20.4 Å². The molecule has 0 aromatic rings. The summed E-state index contributed by atoms with van der Waals surface area (Å²) in [5.41, 5.74) is 0.130. The molecule has 0 aromatic carbocycles. The monoisotopic (exact) mass is 407 g/mol. The minimum Gasteiger partial charge on any atom is -0.477 e. The number of rotatable bonds is 7. The maximum absolute atomic E-state index is 12.3. The molecule has 28 heavy (non-hydrogen) atoms. The fourth-order valence-corrected chi connectivity index (χ4v) is 6.30. The minimum absolute atomic E-state index is 0.130. The van der Waals surface area contributed by atoms with Crippen LogP contribution in [0.4, 0.5) is 0 Å². The topological polar surface area (TPSA) is 93.1 Å². The molecular formula is C20H29N3O4S. The molecule has 7 nitrogen and oxygen atoms in total. The van der Waals surface area contributed by atoms with Gasteiger partial charge in [0.2, 0.25) is 5.91 Å². The number of hydrogen-bond donors (Lipinski definition) is 3. The van der Waals surface area contributed by atoms with E-state index in [4.69, 9.17) is 0 Å². The van der Waals surface area contributed by atoms with Gasteiger partial charge >= 0.3 is 5.97 Å². The second kappa shape index (κ2) is 8.18.